The normalized spacial score (nSPS) is 15.1. The maximum Gasteiger partial charge on any atom is 0.472 e. The van der Waals surface area contributed by atoms with E-state index in [1.807, 2.05) is 0 Å². The molecule has 0 saturated heterocycles. The van der Waals surface area contributed by atoms with Gasteiger partial charge in [-0.25, -0.2) is 4.57 Å². The van der Waals surface area contributed by atoms with E-state index in [1.54, 1.807) is 6.92 Å². The van der Waals surface area contributed by atoms with E-state index in [-0.39, 0.29) is 19.4 Å². The zero-order valence-corrected chi connectivity index (χ0v) is 19.6. The van der Waals surface area contributed by atoms with Gasteiger partial charge in [-0.3, -0.25) is 18.6 Å². The quantitative estimate of drug-likeness (QED) is 0.138. The average Bonchev–Trinajstić information content (AvgIpc) is 2.73. The number of phosphoric acid groups is 1. The van der Waals surface area contributed by atoms with E-state index in [4.69, 9.17) is 19.1 Å². The number of rotatable bonds is 20. The molecule has 0 radical (unpaired) electrons. The molecule has 11 heteroatoms. The second-order valence-corrected chi connectivity index (χ2v) is 8.77. The molecule has 1 unspecified atom stereocenters. The van der Waals surface area contributed by atoms with E-state index in [1.165, 1.54) is 19.3 Å². The average molecular weight is 470 g/mol. The summed E-state index contributed by atoms with van der Waals surface area (Å²) in [6.45, 7) is 1.83. The summed E-state index contributed by atoms with van der Waals surface area (Å²) in [5, 5.41) is 17.9. The number of carbonyl (C=O) groups is 2. The van der Waals surface area contributed by atoms with Gasteiger partial charge in [-0.1, -0.05) is 52.4 Å². The van der Waals surface area contributed by atoms with Crippen molar-refractivity contribution in [3.05, 3.63) is 0 Å². The number of ether oxygens (including phenoxy) is 2. The molecule has 184 valence electrons. The summed E-state index contributed by atoms with van der Waals surface area (Å²) in [7, 11) is -4.56. The molecule has 0 saturated carbocycles. The largest absolute Gasteiger partial charge is 0.472 e. The summed E-state index contributed by atoms with van der Waals surface area (Å²) in [5.74, 6) is -0.997. The minimum Gasteiger partial charge on any atom is -0.462 e. The van der Waals surface area contributed by atoms with Crippen LogP contribution in [0.3, 0.4) is 0 Å². The highest BCUT2D eigenvalue weighted by Crippen LogP contribution is 2.43. The molecular weight excluding hydrogens is 431 g/mol. The number of aliphatic hydroxyl groups is 2. The van der Waals surface area contributed by atoms with Crippen LogP contribution in [0.5, 0.6) is 0 Å². The smallest absolute Gasteiger partial charge is 0.462 e. The minimum atomic E-state index is -4.56. The van der Waals surface area contributed by atoms with Crippen LogP contribution in [-0.4, -0.2) is 65.7 Å². The van der Waals surface area contributed by atoms with Crippen LogP contribution in [0.15, 0.2) is 0 Å². The van der Waals surface area contributed by atoms with E-state index < -0.39 is 51.8 Å². The molecule has 0 aliphatic carbocycles. The van der Waals surface area contributed by atoms with Crippen molar-refractivity contribution in [2.24, 2.45) is 0 Å². The maximum atomic E-state index is 11.9. The highest BCUT2D eigenvalue weighted by molar-refractivity contribution is 7.47. The van der Waals surface area contributed by atoms with Crippen molar-refractivity contribution < 1.29 is 47.8 Å². The van der Waals surface area contributed by atoms with Crippen LogP contribution in [-0.2, 0) is 32.7 Å². The SMILES string of the molecule is CCCCCCCCCC(=O)OC[C@H](COP(=O)(O)OC[C@@H](O)CO)OC(=O)CCC. The summed E-state index contributed by atoms with van der Waals surface area (Å²) in [5.41, 5.74) is 0. The Morgan fingerprint density at radius 2 is 1.45 bits per heavy atom. The minimum absolute atomic E-state index is 0.137. The number of esters is 2. The first-order chi connectivity index (χ1) is 14.7. The third-order valence-electron chi connectivity index (χ3n) is 4.23. The van der Waals surface area contributed by atoms with Crippen molar-refractivity contribution in [2.75, 3.05) is 26.4 Å². The predicted molar refractivity (Wildman–Crippen MR) is 113 cm³/mol. The Labute approximate surface area is 184 Å². The Hall–Kier alpha value is -1.03. The van der Waals surface area contributed by atoms with Gasteiger partial charge < -0.3 is 24.6 Å². The molecule has 0 fully saturated rings. The van der Waals surface area contributed by atoms with Crippen LogP contribution in [0.2, 0.25) is 0 Å². The molecule has 0 amide bonds. The molecule has 0 spiro atoms. The third kappa shape index (κ3) is 18.3. The molecule has 0 aromatic heterocycles. The van der Waals surface area contributed by atoms with Crippen LogP contribution in [0.4, 0.5) is 0 Å². The first-order valence-electron chi connectivity index (χ1n) is 11.0. The number of hydrogen-bond donors (Lipinski definition) is 3. The lowest BCUT2D eigenvalue weighted by Crippen LogP contribution is -2.29. The van der Waals surface area contributed by atoms with Crippen molar-refractivity contribution in [3.63, 3.8) is 0 Å². The second kappa shape index (κ2) is 18.5. The summed E-state index contributed by atoms with van der Waals surface area (Å²) in [6, 6.07) is 0. The van der Waals surface area contributed by atoms with Gasteiger partial charge >= 0.3 is 19.8 Å². The maximum absolute atomic E-state index is 11.9. The fraction of sp³-hybridized carbons (Fsp3) is 0.900. The highest BCUT2D eigenvalue weighted by Gasteiger charge is 2.26. The number of hydrogen-bond acceptors (Lipinski definition) is 9. The van der Waals surface area contributed by atoms with Crippen LogP contribution < -0.4 is 0 Å². The highest BCUT2D eigenvalue weighted by atomic mass is 31.2. The third-order valence-corrected chi connectivity index (χ3v) is 5.18. The van der Waals surface area contributed by atoms with Gasteiger partial charge in [0.2, 0.25) is 0 Å². The molecule has 3 N–H and O–H groups in total. The molecule has 10 nitrogen and oxygen atoms in total. The lowest BCUT2D eigenvalue weighted by Gasteiger charge is -2.20. The molecule has 0 heterocycles. The zero-order chi connectivity index (χ0) is 23.5. The number of carbonyl (C=O) groups excluding carboxylic acids is 2. The topological polar surface area (TPSA) is 149 Å². The van der Waals surface area contributed by atoms with E-state index >= 15 is 0 Å². The van der Waals surface area contributed by atoms with Crippen LogP contribution >= 0.6 is 7.82 Å². The van der Waals surface area contributed by atoms with Crippen molar-refractivity contribution >= 4 is 19.8 Å². The predicted octanol–water partition coefficient (Wildman–Crippen LogP) is 2.87. The molecule has 0 aliphatic heterocycles. The van der Waals surface area contributed by atoms with E-state index in [2.05, 4.69) is 11.4 Å². The van der Waals surface area contributed by atoms with E-state index in [9.17, 15) is 24.2 Å². The Morgan fingerprint density at radius 1 is 0.839 bits per heavy atom. The molecule has 3 atom stereocenters. The van der Waals surface area contributed by atoms with Gasteiger partial charge in [-0.05, 0) is 12.8 Å². The van der Waals surface area contributed by atoms with E-state index in [0.717, 1.165) is 19.3 Å². The monoisotopic (exact) mass is 470 g/mol. The Balaban J connectivity index is 4.39. The lowest BCUT2D eigenvalue weighted by molar-refractivity contribution is -0.161. The Bertz CT molecular complexity index is 528. The standard InChI is InChI=1S/C20H39O10P/c1-3-5-6-7-8-9-10-12-19(23)27-15-18(30-20(24)11-4-2)16-29-31(25,26)28-14-17(22)13-21/h17-18,21-22H,3-16H2,1-2H3,(H,25,26)/t17-,18+/m0/s1. The number of unbranched alkanes of at least 4 members (excludes halogenated alkanes) is 6. The Kier molecular flexibility index (Phi) is 17.9. The fourth-order valence-corrected chi connectivity index (χ4v) is 3.29. The molecule has 0 rings (SSSR count). The van der Waals surface area contributed by atoms with Gasteiger partial charge in [0, 0.05) is 12.8 Å². The van der Waals surface area contributed by atoms with Crippen molar-refractivity contribution in [1.82, 2.24) is 0 Å². The molecule has 0 aromatic rings. The van der Waals surface area contributed by atoms with E-state index in [0.29, 0.717) is 12.8 Å². The lowest BCUT2D eigenvalue weighted by atomic mass is 10.1. The van der Waals surface area contributed by atoms with Gasteiger partial charge in [0.05, 0.1) is 19.8 Å². The molecule has 0 bridgehead atoms. The van der Waals surface area contributed by atoms with Gasteiger partial charge in [0.15, 0.2) is 6.10 Å². The summed E-state index contributed by atoms with van der Waals surface area (Å²) in [4.78, 5) is 33.3. The summed E-state index contributed by atoms with van der Waals surface area (Å²) >= 11 is 0. The number of aliphatic hydroxyl groups excluding tert-OH is 2. The van der Waals surface area contributed by atoms with Gasteiger partial charge in [0.1, 0.15) is 12.7 Å². The second-order valence-electron chi connectivity index (χ2n) is 7.31. The van der Waals surface area contributed by atoms with Crippen molar-refractivity contribution in [3.8, 4) is 0 Å². The van der Waals surface area contributed by atoms with Crippen molar-refractivity contribution in [2.45, 2.75) is 90.3 Å². The van der Waals surface area contributed by atoms with Gasteiger partial charge in [-0.15, -0.1) is 0 Å². The van der Waals surface area contributed by atoms with Crippen LogP contribution in [0.1, 0.15) is 78.1 Å². The van der Waals surface area contributed by atoms with Crippen LogP contribution in [0.25, 0.3) is 0 Å². The summed E-state index contributed by atoms with van der Waals surface area (Å²) < 4.78 is 31.4. The molecule has 0 aliphatic rings. The molecule has 0 aromatic carbocycles. The van der Waals surface area contributed by atoms with Gasteiger partial charge in [0.25, 0.3) is 0 Å². The first kappa shape index (κ1) is 30.0. The fourth-order valence-electron chi connectivity index (χ4n) is 2.50. The van der Waals surface area contributed by atoms with Crippen LogP contribution in [0, 0.1) is 0 Å². The molecular formula is C20H39O10P. The Morgan fingerprint density at radius 3 is 2.06 bits per heavy atom. The zero-order valence-electron chi connectivity index (χ0n) is 18.7. The number of phosphoric ester groups is 1. The molecule has 31 heavy (non-hydrogen) atoms. The van der Waals surface area contributed by atoms with Gasteiger partial charge in [-0.2, -0.15) is 0 Å². The first-order valence-corrected chi connectivity index (χ1v) is 12.5. The summed E-state index contributed by atoms with van der Waals surface area (Å²) in [6.07, 6.45) is 5.95. The van der Waals surface area contributed by atoms with Crippen molar-refractivity contribution in [1.29, 1.82) is 0 Å².